The number of aromatic amines is 1. The summed E-state index contributed by atoms with van der Waals surface area (Å²) in [7, 11) is 0. The van der Waals surface area contributed by atoms with Gasteiger partial charge in [0.25, 0.3) is 5.56 Å². The maximum Gasteiger partial charge on any atom is 0.278 e. The number of hydrogen-bond acceptors (Lipinski definition) is 9. The van der Waals surface area contributed by atoms with Crippen molar-refractivity contribution in [2.45, 2.75) is 37.4 Å². The molecule has 1 aliphatic heterocycles. The van der Waals surface area contributed by atoms with Crippen molar-refractivity contribution in [3.8, 4) is 0 Å². The number of hydrogen-bond donors (Lipinski definition) is 6. The minimum Gasteiger partial charge on any atom is -0.394 e. The largest absolute Gasteiger partial charge is 0.394 e. The molecule has 1 saturated heterocycles. The highest BCUT2D eigenvalue weighted by Gasteiger charge is 2.45. The Labute approximate surface area is 142 Å². The second-order valence-electron chi connectivity index (χ2n) is 5.86. The summed E-state index contributed by atoms with van der Waals surface area (Å²) in [5, 5.41) is 32.7. The topological polar surface area (TPSA) is 172 Å². The molecule has 0 aromatic carbocycles. The molecule has 11 nitrogen and oxygen atoms in total. The van der Waals surface area contributed by atoms with Gasteiger partial charge in [-0.15, -0.1) is 0 Å². The van der Waals surface area contributed by atoms with Gasteiger partial charge in [0.1, 0.15) is 18.3 Å². The van der Waals surface area contributed by atoms with Crippen LogP contribution >= 0.6 is 0 Å². The number of fused-ring (bicyclic) bond motifs is 1. The number of aliphatic hydroxyl groups is 3. The first-order chi connectivity index (χ1) is 12.1. The zero-order valence-corrected chi connectivity index (χ0v) is 13.5. The van der Waals surface area contributed by atoms with Crippen molar-refractivity contribution in [3.63, 3.8) is 0 Å². The number of anilines is 1. The van der Waals surface area contributed by atoms with Gasteiger partial charge >= 0.3 is 0 Å². The van der Waals surface area contributed by atoms with Crippen LogP contribution in [0.1, 0.15) is 19.1 Å². The molecular formula is C14H22N6O5. The molecule has 7 N–H and O–H groups in total. The van der Waals surface area contributed by atoms with E-state index >= 15 is 0 Å². The maximum atomic E-state index is 12.0. The van der Waals surface area contributed by atoms with Crippen molar-refractivity contribution in [3.05, 3.63) is 16.7 Å². The highest BCUT2D eigenvalue weighted by molar-refractivity contribution is 5.73. The second-order valence-corrected chi connectivity index (χ2v) is 5.86. The summed E-state index contributed by atoms with van der Waals surface area (Å²) >= 11 is 0. The smallest absolute Gasteiger partial charge is 0.278 e. The van der Waals surface area contributed by atoms with Crippen molar-refractivity contribution < 1.29 is 20.1 Å². The number of nitrogens with zero attached hydrogens (tertiary/aromatic N) is 3. The number of aromatic nitrogens is 4. The molecule has 0 amide bonds. The van der Waals surface area contributed by atoms with Gasteiger partial charge in [-0.05, 0) is 19.4 Å². The summed E-state index contributed by atoms with van der Waals surface area (Å²) in [6.07, 6.45) is -1.71. The van der Waals surface area contributed by atoms with Crippen LogP contribution in [-0.4, -0.2) is 72.8 Å². The lowest BCUT2D eigenvalue weighted by molar-refractivity contribution is -0.0501. The van der Waals surface area contributed by atoms with E-state index in [1.54, 1.807) is 0 Å². The van der Waals surface area contributed by atoms with E-state index in [0.29, 0.717) is 13.1 Å². The third-order valence-corrected chi connectivity index (χ3v) is 4.17. The lowest BCUT2D eigenvalue weighted by Gasteiger charge is -2.19. The van der Waals surface area contributed by atoms with Gasteiger partial charge < -0.3 is 36.1 Å². The van der Waals surface area contributed by atoms with Crippen molar-refractivity contribution in [2.75, 3.05) is 25.0 Å². The predicted octanol–water partition coefficient (Wildman–Crippen LogP) is -2.12. The minimum absolute atomic E-state index is 0.0848. The molecule has 3 heterocycles. The standard InChI is InChI=1S/C14H22N6O5/c15-3-1-2-4-16-14-19-8-11(17-6-18-12(8)24)20(14)13-10(23)9(22)7(5-21)25-13/h6-7,9-10,13,21-23H,1-5,15H2,(H,16,19)(H,17,18,24). The molecule has 25 heavy (non-hydrogen) atoms. The van der Waals surface area contributed by atoms with E-state index in [0.717, 1.165) is 12.8 Å². The first-order valence-corrected chi connectivity index (χ1v) is 8.10. The minimum atomic E-state index is -1.31. The normalized spacial score (nSPS) is 26.4. The summed E-state index contributed by atoms with van der Waals surface area (Å²) in [5.41, 5.74) is 5.34. The molecule has 1 fully saturated rings. The Morgan fingerprint density at radius 2 is 2.16 bits per heavy atom. The molecule has 3 rings (SSSR count). The third-order valence-electron chi connectivity index (χ3n) is 4.17. The van der Waals surface area contributed by atoms with E-state index < -0.39 is 36.7 Å². The van der Waals surface area contributed by atoms with Crippen LogP contribution in [0.4, 0.5) is 5.95 Å². The lowest BCUT2D eigenvalue weighted by atomic mass is 10.1. The third kappa shape index (κ3) is 3.24. The van der Waals surface area contributed by atoms with Gasteiger partial charge in [0.05, 0.1) is 12.9 Å². The Morgan fingerprint density at radius 3 is 2.84 bits per heavy atom. The predicted molar refractivity (Wildman–Crippen MR) is 87.9 cm³/mol. The molecule has 0 radical (unpaired) electrons. The van der Waals surface area contributed by atoms with Crippen molar-refractivity contribution in [2.24, 2.45) is 5.73 Å². The fraction of sp³-hybridized carbons (Fsp3) is 0.643. The average molecular weight is 354 g/mol. The molecule has 0 saturated carbocycles. The van der Waals surface area contributed by atoms with Gasteiger partial charge in [-0.25, -0.2) is 9.97 Å². The van der Waals surface area contributed by atoms with Crippen LogP contribution in [-0.2, 0) is 4.74 Å². The van der Waals surface area contributed by atoms with Crippen LogP contribution in [0.25, 0.3) is 11.2 Å². The van der Waals surface area contributed by atoms with Gasteiger partial charge in [0, 0.05) is 6.54 Å². The fourth-order valence-electron chi connectivity index (χ4n) is 2.85. The molecule has 138 valence electrons. The van der Waals surface area contributed by atoms with E-state index in [1.807, 2.05) is 0 Å². The summed E-state index contributed by atoms with van der Waals surface area (Å²) < 4.78 is 6.98. The van der Waals surface area contributed by atoms with Crippen LogP contribution in [0, 0.1) is 0 Å². The van der Waals surface area contributed by atoms with Gasteiger partial charge in [-0.1, -0.05) is 0 Å². The second kappa shape index (κ2) is 7.45. The highest BCUT2D eigenvalue weighted by atomic mass is 16.6. The molecule has 2 aromatic heterocycles. The zero-order chi connectivity index (χ0) is 18.0. The Morgan fingerprint density at radius 1 is 1.36 bits per heavy atom. The number of rotatable bonds is 7. The SMILES string of the molecule is NCCCCNc1nc2c(=O)[nH]cnc2n1C1OC(CO)C(O)C1O. The van der Waals surface area contributed by atoms with Crippen LogP contribution < -0.4 is 16.6 Å². The fourth-order valence-corrected chi connectivity index (χ4v) is 2.85. The van der Waals surface area contributed by atoms with Crippen molar-refractivity contribution in [1.82, 2.24) is 19.5 Å². The zero-order valence-electron chi connectivity index (χ0n) is 13.5. The Hall–Kier alpha value is -2.05. The van der Waals surface area contributed by atoms with Crippen LogP contribution in [0.2, 0.25) is 0 Å². The van der Waals surface area contributed by atoms with E-state index in [-0.39, 0.29) is 17.1 Å². The number of nitrogens with one attached hydrogen (secondary N) is 2. The molecule has 4 atom stereocenters. The first-order valence-electron chi connectivity index (χ1n) is 8.10. The monoisotopic (exact) mass is 354 g/mol. The van der Waals surface area contributed by atoms with Gasteiger partial charge in [0.15, 0.2) is 17.4 Å². The van der Waals surface area contributed by atoms with Gasteiger partial charge in [-0.2, -0.15) is 0 Å². The number of unbranched alkanes of at least 4 members (excludes halogenated alkanes) is 1. The van der Waals surface area contributed by atoms with Gasteiger partial charge in [0.2, 0.25) is 5.95 Å². The van der Waals surface area contributed by atoms with Crippen LogP contribution in [0.15, 0.2) is 11.1 Å². The molecule has 0 spiro atoms. The molecule has 2 aromatic rings. The molecule has 0 aliphatic carbocycles. The first kappa shape index (κ1) is 17.8. The number of ether oxygens (including phenoxy) is 1. The quantitative estimate of drug-likeness (QED) is 0.304. The number of aliphatic hydroxyl groups excluding tert-OH is 3. The van der Waals surface area contributed by atoms with Gasteiger partial charge in [-0.3, -0.25) is 9.36 Å². The Balaban J connectivity index is 1.99. The average Bonchev–Trinajstić information content (AvgIpc) is 3.11. The van der Waals surface area contributed by atoms with E-state index in [2.05, 4.69) is 20.3 Å². The Bertz CT molecular complexity index is 777. The van der Waals surface area contributed by atoms with E-state index in [9.17, 15) is 20.1 Å². The Kier molecular flexibility index (Phi) is 5.30. The molecule has 1 aliphatic rings. The summed E-state index contributed by atoms with van der Waals surface area (Å²) in [4.78, 5) is 22.8. The van der Waals surface area contributed by atoms with Crippen LogP contribution in [0.5, 0.6) is 0 Å². The van der Waals surface area contributed by atoms with Crippen molar-refractivity contribution >= 4 is 17.1 Å². The van der Waals surface area contributed by atoms with Crippen LogP contribution in [0.3, 0.4) is 0 Å². The maximum absolute atomic E-state index is 12.0. The molecular weight excluding hydrogens is 332 g/mol. The summed E-state index contributed by atoms with van der Waals surface area (Å²) in [5.74, 6) is 0.283. The number of imidazole rings is 1. The molecule has 0 bridgehead atoms. The van der Waals surface area contributed by atoms with E-state index in [1.165, 1.54) is 10.9 Å². The highest BCUT2D eigenvalue weighted by Crippen LogP contribution is 2.33. The lowest BCUT2D eigenvalue weighted by Crippen LogP contribution is -2.33. The van der Waals surface area contributed by atoms with Crippen molar-refractivity contribution in [1.29, 1.82) is 0 Å². The summed E-state index contributed by atoms with van der Waals surface area (Å²) in [6, 6.07) is 0. The molecule has 11 heteroatoms. The number of H-pyrrole nitrogens is 1. The van der Waals surface area contributed by atoms with E-state index in [4.69, 9.17) is 10.5 Å². The number of nitrogens with two attached hydrogens (primary N) is 1. The molecule has 4 unspecified atom stereocenters. The summed E-state index contributed by atoms with van der Waals surface area (Å²) in [6.45, 7) is 0.663.